The van der Waals surface area contributed by atoms with E-state index in [1.807, 2.05) is 6.92 Å². The lowest BCUT2D eigenvalue weighted by molar-refractivity contribution is -0.384. The number of rotatable bonds is 3. The second-order valence-corrected chi connectivity index (χ2v) is 3.91. The Morgan fingerprint density at radius 1 is 1.62 bits per heavy atom. The van der Waals surface area contributed by atoms with Crippen LogP contribution in [0.4, 0.5) is 10.8 Å². The molecule has 0 saturated heterocycles. The maximum atomic E-state index is 10.8. The molecular formula is C7H8N6O2S. The molecule has 2 N–H and O–H groups in total. The number of nitro groups is 1. The van der Waals surface area contributed by atoms with Crippen LogP contribution in [0.1, 0.15) is 6.92 Å². The van der Waals surface area contributed by atoms with Gasteiger partial charge in [0.05, 0.1) is 4.92 Å². The summed E-state index contributed by atoms with van der Waals surface area (Å²) in [6.45, 7) is 2.35. The fourth-order valence-corrected chi connectivity index (χ4v) is 1.97. The largest absolute Gasteiger partial charge is 0.374 e. The number of nitrogens with zero attached hydrogens (tertiary/aromatic N) is 5. The van der Waals surface area contributed by atoms with Crippen molar-refractivity contribution < 1.29 is 4.92 Å². The molecule has 0 bridgehead atoms. The number of anilines is 1. The average molecular weight is 240 g/mol. The van der Waals surface area contributed by atoms with Gasteiger partial charge in [-0.2, -0.15) is 5.10 Å². The van der Waals surface area contributed by atoms with Gasteiger partial charge >= 0.3 is 5.69 Å². The van der Waals surface area contributed by atoms with Gasteiger partial charge in [-0.3, -0.25) is 14.8 Å². The number of aryl methyl sites for hydroxylation is 1. The molecule has 16 heavy (non-hydrogen) atoms. The van der Waals surface area contributed by atoms with E-state index in [1.165, 1.54) is 10.9 Å². The van der Waals surface area contributed by atoms with E-state index in [2.05, 4.69) is 15.3 Å². The number of hydrogen-bond donors (Lipinski definition) is 1. The van der Waals surface area contributed by atoms with Gasteiger partial charge < -0.3 is 5.73 Å². The molecule has 0 aromatic carbocycles. The molecular weight excluding hydrogens is 232 g/mol. The normalized spacial score (nSPS) is 10.6. The molecule has 0 spiro atoms. The quantitative estimate of drug-likeness (QED) is 0.630. The third-order valence-corrected chi connectivity index (χ3v) is 2.72. The zero-order valence-corrected chi connectivity index (χ0v) is 9.14. The van der Waals surface area contributed by atoms with Crippen LogP contribution in [0.15, 0.2) is 6.20 Å². The molecule has 0 unspecified atom stereocenters. The molecule has 0 amide bonds. The van der Waals surface area contributed by atoms with Crippen LogP contribution in [0.5, 0.6) is 0 Å². The van der Waals surface area contributed by atoms with Crippen LogP contribution >= 0.6 is 11.3 Å². The van der Waals surface area contributed by atoms with Gasteiger partial charge in [-0.05, 0) is 6.92 Å². The molecule has 2 aromatic heterocycles. The summed E-state index contributed by atoms with van der Waals surface area (Å²) in [5.74, 6) is 0. The van der Waals surface area contributed by atoms with Crippen LogP contribution in [-0.2, 0) is 6.54 Å². The summed E-state index contributed by atoms with van der Waals surface area (Å²) in [5, 5.41) is 22.8. The molecule has 0 radical (unpaired) electrons. The van der Waals surface area contributed by atoms with Crippen molar-refractivity contribution in [3.63, 3.8) is 0 Å². The second-order valence-electron chi connectivity index (χ2n) is 2.90. The maximum absolute atomic E-state index is 10.8. The van der Waals surface area contributed by atoms with Crippen molar-refractivity contribution in [2.45, 2.75) is 13.5 Å². The third-order valence-electron chi connectivity index (χ3n) is 1.96. The Labute approximate surface area is 93.9 Å². The van der Waals surface area contributed by atoms with Gasteiger partial charge in [-0.25, -0.2) is 0 Å². The lowest BCUT2D eigenvalue weighted by Gasteiger charge is -1.98. The summed E-state index contributed by atoms with van der Waals surface area (Å²) in [6, 6.07) is 0. The topological polar surface area (TPSA) is 113 Å². The van der Waals surface area contributed by atoms with E-state index in [0.29, 0.717) is 17.2 Å². The molecule has 2 aromatic rings. The standard InChI is InChI=1S/C7H8N6O2S/c1-2-12-5(4(3-9-12)13(14)15)6-10-11-7(8)16-6/h3H,2H2,1H3,(H2,8,11). The van der Waals surface area contributed by atoms with Crippen LogP contribution in [-0.4, -0.2) is 24.9 Å². The minimum Gasteiger partial charge on any atom is -0.374 e. The summed E-state index contributed by atoms with van der Waals surface area (Å²) >= 11 is 1.10. The van der Waals surface area contributed by atoms with Crippen molar-refractivity contribution in [3.05, 3.63) is 16.3 Å². The van der Waals surface area contributed by atoms with E-state index in [4.69, 9.17) is 5.73 Å². The van der Waals surface area contributed by atoms with E-state index in [0.717, 1.165) is 11.3 Å². The van der Waals surface area contributed by atoms with Crippen molar-refractivity contribution in [3.8, 4) is 10.7 Å². The van der Waals surface area contributed by atoms with Crippen molar-refractivity contribution in [2.24, 2.45) is 0 Å². The molecule has 8 nitrogen and oxygen atoms in total. The Morgan fingerprint density at radius 2 is 2.38 bits per heavy atom. The number of hydrogen-bond acceptors (Lipinski definition) is 7. The molecule has 0 aliphatic rings. The van der Waals surface area contributed by atoms with Crippen LogP contribution in [0, 0.1) is 10.1 Å². The monoisotopic (exact) mass is 240 g/mol. The van der Waals surface area contributed by atoms with E-state index >= 15 is 0 Å². The first-order valence-electron chi connectivity index (χ1n) is 4.43. The van der Waals surface area contributed by atoms with Gasteiger partial charge in [0.15, 0.2) is 10.7 Å². The summed E-state index contributed by atoms with van der Waals surface area (Å²) < 4.78 is 1.50. The minimum absolute atomic E-state index is 0.0852. The molecule has 2 heterocycles. The zero-order chi connectivity index (χ0) is 11.7. The molecule has 0 aliphatic carbocycles. The van der Waals surface area contributed by atoms with E-state index in [9.17, 15) is 10.1 Å². The highest BCUT2D eigenvalue weighted by molar-refractivity contribution is 7.18. The van der Waals surface area contributed by atoms with E-state index in [1.54, 1.807) is 0 Å². The number of nitrogen functional groups attached to an aromatic ring is 1. The van der Waals surface area contributed by atoms with Crippen LogP contribution in [0.3, 0.4) is 0 Å². The number of nitrogens with two attached hydrogens (primary N) is 1. The molecule has 0 atom stereocenters. The highest BCUT2D eigenvalue weighted by atomic mass is 32.1. The van der Waals surface area contributed by atoms with Gasteiger partial charge in [-0.15, -0.1) is 10.2 Å². The van der Waals surface area contributed by atoms with E-state index in [-0.39, 0.29) is 10.8 Å². The predicted molar refractivity (Wildman–Crippen MR) is 57.9 cm³/mol. The van der Waals surface area contributed by atoms with Gasteiger partial charge in [-0.1, -0.05) is 11.3 Å². The van der Waals surface area contributed by atoms with Crippen molar-refractivity contribution >= 4 is 22.2 Å². The first-order chi connectivity index (χ1) is 7.63. The highest BCUT2D eigenvalue weighted by Gasteiger charge is 2.24. The molecule has 9 heteroatoms. The number of aromatic nitrogens is 4. The molecule has 84 valence electrons. The van der Waals surface area contributed by atoms with Crippen molar-refractivity contribution in [1.82, 2.24) is 20.0 Å². The first kappa shape index (κ1) is 10.5. The fourth-order valence-electron chi connectivity index (χ4n) is 1.30. The molecule has 0 aliphatic heterocycles. The highest BCUT2D eigenvalue weighted by Crippen LogP contribution is 2.32. The Bertz CT molecular complexity index is 533. The lowest BCUT2D eigenvalue weighted by atomic mass is 10.4. The molecule has 0 fully saturated rings. The van der Waals surface area contributed by atoms with Crippen LogP contribution in [0.25, 0.3) is 10.7 Å². The van der Waals surface area contributed by atoms with Crippen molar-refractivity contribution in [2.75, 3.05) is 5.73 Å². The zero-order valence-electron chi connectivity index (χ0n) is 8.32. The van der Waals surface area contributed by atoms with Crippen LogP contribution in [0.2, 0.25) is 0 Å². The Balaban J connectivity index is 2.60. The Kier molecular flexibility index (Phi) is 2.52. The van der Waals surface area contributed by atoms with Gasteiger partial charge in [0.2, 0.25) is 5.13 Å². The summed E-state index contributed by atoms with van der Waals surface area (Å²) in [7, 11) is 0. The second kappa shape index (κ2) is 3.85. The SMILES string of the molecule is CCn1ncc([N+](=O)[O-])c1-c1nnc(N)s1. The van der Waals surface area contributed by atoms with Gasteiger partial charge in [0.1, 0.15) is 6.20 Å². The maximum Gasteiger partial charge on any atom is 0.317 e. The van der Waals surface area contributed by atoms with Crippen LogP contribution < -0.4 is 5.73 Å². The molecule has 0 saturated carbocycles. The Morgan fingerprint density at radius 3 is 2.88 bits per heavy atom. The average Bonchev–Trinajstić information content (AvgIpc) is 2.82. The van der Waals surface area contributed by atoms with Gasteiger partial charge in [0, 0.05) is 6.54 Å². The van der Waals surface area contributed by atoms with E-state index < -0.39 is 4.92 Å². The van der Waals surface area contributed by atoms with Crippen molar-refractivity contribution in [1.29, 1.82) is 0 Å². The summed E-state index contributed by atoms with van der Waals surface area (Å²) in [6.07, 6.45) is 1.20. The Hall–Kier alpha value is -2.03. The third kappa shape index (κ3) is 1.60. The fraction of sp³-hybridized carbons (Fsp3) is 0.286. The lowest BCUT2D eigenvalue weighted by Crippen LogP contribution is -2.00. The van der Waals surface area contributed by atoms with Gasteiger partial charge in [0.25, 0.3) is 0 Å². The summed E-state index contributed by atoms with van der Waals surface area (Å²) in [4.78, 5) is 10.3. The minimum atomic E-state index is -0.494. The smallest absolute Gasteiger partial charge is 0.317 e. The first-order valence-corrected chi connectivity index (χ1v) is 5.24. The molecule has 2 rings (SSSR count). The predicted octanol–water partition coefficient (Wildman–Crippen LogP) is 0.912. The summed E-state index contributed by atoms with van der Waals surface area (Å²) in [5.41, 5.74) is 5.71.